The molecule has 1 fully saturated rings. The van der Waals surface area contributed by atoms with Crippen LogP contribution in [-0.4, -0.2) is 65.8 Å². The minimum atomic E-state index is 0.169. The lowest BCUT2D eigenvalue weighted by Crippen LogP contribution is -2.41. The van der Waals surface area contributed by atoms with Crippen molar-refractivity contribution in [1.82, 2.24) is 14.7 Å². The summed E-state index contributed by atoms with van der Waals surface area (Å²) in [6, 6.07) is 17.1. The van der Waals surface area contributed by atoms with E-state index in [1.165, 1.54) is 16.0 Å². The van der Waals surface area contributed by atoms with Gasteiger partial charge in [0.15, 0.2) is 0 Å². The highest BCUT2D eigenvalue weighted by atomic mass is 32.1. The van der Waals surface area contributed by atoms with Crippen LogP contribution in [0.2, 0.25) is 0 Å². The van der Waals surface area contributed by atoms with Crippen molar-refractivity contribution >= 4 is 34.5 Å². The van der Waals surface area contributed by atoms with E-state index in [0.717, 1.165) is 43.9 Å². The number of benzene rings is 1. The van der Waals surface area contributed by atoms with Gasteiger partial charge in [-0.2, -0.15) is 0 Å². The highest BCUT2D eigenvalue weighted by Crippen LogP contribution is 2.37. The van der Waals surface area contributed by atoms with E-state index < -0.39 is 0 Å². The second kappa shape index (κ2) is 10.8. The summed E-state index contributed by atoms with van der Waals surface area (Å²) in [6.07, 6.45) is 2.88. The second-order valence-corrected chi connectivity index (χ2v) is 11.1. The molecule has 3 aromatic rings. The molecule has 0 unspecified atom stereocenters. The molecule has 0 aliphatic carbocycles. The second-order valence-electron chi connectivity index (χ2n) is 9.02. The van der Waals surface area contributed by atoms with Gasteiger partial charge in [-0.25, -0.2) is 0 Å². The van der Waals surface area contributed by atoms with E-state index in [1.807, 2.05) is 38.6 Å². The van der Waals surface area contributed by atoms with Gasteiger partial charge in [-0.3, -0.25) is 14.5 Å². The fraction of sp³-hybridized carbons (Fsp3) is 0.407. The van der Waals surface area contributed by atoms with Crippen molar-refractivity contribution in [2.75, 3.05) is 39.3 Å². The number of thiophene rings is 2. The average Bonchev–Trinajstić information content (AvgIpc) is 3.49. The molecule has 178 valence electrons. The van der Waals surface area contributed by atoms with Gasteiger partial charge in [0.2, 0.25) is 11.8 Å². The van der Waals surface area contributed by atoms with Crippen LogP contribution in [0.3, 0.4) is 0 Å². The van der Waals surface area contributed by atoms with Crippen molar-refractivity contribution in [3.63, 3.8) is 0 Å². The van der Waals surface area contributed by atoms with Crippen LogP contribution in [0.1, 0.15) is 39.8 Å². The molecule has 1 atom stereocenters. The van der Waals surface area contributed by atoms with E-state index in [9.17, 15) is 9.59 Å². The molecule has 5 rings (SSSR count). The summed E-state index contributed by atoms with van der Waals surface area (Å²) in [5.41, 5.74) is 2.69. The first-order valence-electron chi connectivity index (χ1n) is 12.1. The molecule has 1 aromatic carbocycles. The number of nitrogens with zero attached hydrogens (tertiary/aromatic N) is 3. The maximum atomic E-state index is 13.2. The van der Waals surface area contributed by atoms with Crippen molar-refractivity contribution in [3.8, 4) is 0 Å². The number of carbonyl (C=O) groups is 2. The Morgan fingerprint density at radius 2 is 1.62 bits per heavy atom. The van der Waals surface area contributed by atoms with Gasteiger partial charge in [-0.1, -0.05) is 36.4 Å². The van der Waals surface area contributed by atoms with E-state index in [2.05, 4.69) is 46.7 Å². The zero-order chi connectivity index (χ0) is 23.3. The number of hydrogen-bond donors (Lipinski definition) is 0. The SMILES string of the molecule is O=C(CCN1CCc2sccc2[C@@H]1c1ccccc1)N1CCCN(C(=O)Cc2cccs2)CC1. The van der Waals surface area contributed by atoms with E-state index in [1.54, 1.807) is 11.3 Å². The van der Waals surface area contributed by atoms with Gasteiger partial charge >= 0.3 is 0 Å². The number of carbonyl (C=O) groups excluding carboxylic acids is 2. The zero-order valence-corrected chi connectivity index (χ0v) is 21.0. The summed E-state index contributed by atoms with van der Waals surface area (Å²) in [4.78, 5) is 34.8. The number of fused-ring (bicyclic) bond motifs is 1. The van der Waals surface area contributed by atoms with Gasteiger partial charge in [0, 0.05) is 55.4 Å². The van der Waals surface area contributed by atoms with Crippen LogP contribution < -0.4 is 0 Å². The van der Waals surface area contributed by atoms with E-state index in [4.69, 9.17) is 0 Å². The molecule has 0 saturated carbocycles. The van der Waals surface area contributed by atoms with Crippen LogP contribution >= 0.6 is 22.7 Å². The molecule has 0 radical (unpaired) electrons. The molecule has 2 aliphatic rings. The molecular weight excluding hydrogens is 462 g/mol. The fourth-order valence-electron chi connectivity index (χ4n) is 5.12. The smallest absolute Gasteiger partial charge is 0.227 e. The number of hydrogen-bond acceptors (Lipinski definition) is 5. The molecule has 4 heterocycles. The van der Waals surface area contributed by atoms with E-state index in [-0.39, 0.29) is 17.9 Å². The lowest BCUT2D eigenvalue weighted by Gasteiger charge is -2.36. The number of rotatable bonds is 6. The Morgan fingerprint density at radius 3 is 2.38 bits per heavy atom. The molecule has 0 N–H and O–H groups in total. The average molecular weight is 494 g/mol. The summed E-state index contributed by atoms with van der Waals surface area (Å²) >= 11 is 3.47. The Labute approximate surface area is 209 Å². The predicted molar refractivity (Wildman–Crippen MR) is 138 cm³/mol. The standard InChI is InChI=1S/C27H31N3O2S2/c31-25(28-12-5-13-29(17-16-28)26(32)20-22-8-4-18-33-22)10-15-30-14-9-24-23(11-19-34-24)27(30)21-6-2-1-3-7-21/h1-4,6-8,11,18-19,27H,5,9-10,12-17,20H2/t27-/m0/s1. The minimum Gasteiger partial charge on any atom is -0.341 e. The molecule has 1 saturated heterocycles. The molecule has 7 heteroatoms. The molecule has 0 bridgehead atoms. The monoisotopic (exact) mass is 493 g/mol. The largest absolute Gasteiger partial charge is 0.341 e. The van der Waals surface area contributed by atoms with Crippen molar-refractivity contribution in [1.29, 1.82) is 0 Å². The van der Waals surface area contributed by atoms with Crippen molar-refractivity contribution in [2.45, 2.75) is 31.7 Å². The molecule has 34 heavy (non-hydrogen) atoms. The molecule has 2 amide bonds. The van der Waals surface area contributed by atoms with Crippen molar-refractivity contribution in [3.05, 3.63) is 80.2 Å². The summed E-state index contributed by atoms with van der Waals surface area (Å²) in [5, 5.41) is 4.20. The lowest BCUT2D eigenvalue weighted by molar-refractivity contribution is -0.133. The summed E-state index contributed by atoms with van der Waals surface area (Å²) < 4.78 is 0. The van der Waals surface area contributed by atoms with Crippen LogP contribution in [-0.2, 0) is 22.4 Å². The third-order valence-corrected chi connectivity index (χ3v) is 8.77. The highest BCUT2D eigenvalue weighted by Gasteiger charge is 2.30. The first-order chi connectivity index (χ1) is 16.7. The fourth-order valence-corrected chi connectivity index (χ4v) is 6.72. The normalized spacial score (nSPS) is 19.0. The van der Waals surface area contributed by atoms with Gasteiger partial charge in [0.05, 0.1) is 12.5 Å². The first kappa shape index (κ1) is 23.3. The Morgan fingerprint density at radius 1 is 0.824 bits per heavy atom. The van der Waals surface area contributed by atoms with Gasteiger partial charge in [-0.05, 0) is 46.9 Å². The summed E-state index contributed by atoms with van der Waals surface area (Å²) in [5.74, 6) is 0.373. The summed E-state index contributed by atoms with van der Waals surface area (Å²) in [7, 11) is 0. The predicted octanol–water partition coefficient (Wildman–Crippen LogP) is 4.45. The highest BCUT2D eigenvalue weighted by molar-refractivity contribution is 7.10. The van der Waals surface area contributed by atoms with Crippen LogP contribution in [0.25, 0.3) is 0 Å². The maximum absolute atomic E-state index is 13.2. The maximum Gasteiger partial charge on any atom is 0.227 e. The van der Waals surface area contributed by atoms with E-state index in [0.29, 0.717) is 25.9 Å². The zero-order valence-electron chi connectivity index (χ0n) is 19.4. The van der Waals surface area contributed by atoms with Crippen molar-refractivity contribution < 1.29 is 9.59 Å². The molecule has 5 nitrogen and oxygen atoms in total. The van der Waals surface area contributed by atoms with Crippen molar-refractivity contribution in [2.24, 2.45) is 0 Å². The Kier molecular flexibility index (Phi) is 7.42. The molecular formula is C27H31N3O2S2. The van der Waals surface area contributed by atoms with Gasteiger partial charge in [-0.15, -0.1) is 22.7 Å². The first-order valence-corrected chi connectivity index (χ1v) is 13.9. The molecule has 2 aliphatic heterocycles. The van der Waals surface area contributed by atoms with Gasteiger partial charge in [0.1, 0.15) is 0 Å². The van der Waals surface area contributed by atoms with Crippen LogP contribution in [0.4, 0.5) is 0 Å². The molecule has 0 spiro atoms. The van der Waals surface area contributed by atoms with Crippen LogP contribution in [0.15, 0.2) is 59.3 Å². The minimum absolute atomic E-state index is 0.169. The Hall–Kier alpha value is -2.48. The van der Waals surface area contributed by atoms with Gasteiger partial charge in [0.25, 0.3) is 0 Å². The molecule has 2 aromatic heterocycles. The Balaban J connectivity index is 1.18. The van der Waals surface area contributed by atoms with Gasteiger partial charge < -0.3 is 9.80 Å². The lowest BCUT2D eigenvalue weighted by atomic mass is 9.93. The quantitative estimate of drug-likeness (QED) is 0.510. The topological polar surface area (TPSA) is 43.9 Å². The number of amides is 2. The van der Waals surface area contributed by atoms with Crippen LogP contribution in [0.5, 0.6) is 0 Å². The third kappa shape index (κ3) is 5.27. The third-order valence-electron chi connectivity index (χ3n) is 6.90. The Bertz CT molecular complexity index is 1100. The van der Waals surface area contributed by atoms with E-state index >= 15 is 0 Å². The summed E-state index contributed by atoms with van der Waals surface area (Å²) in [6.45, 7) is 4.46. The van der Waals surface area contributed by atoms with Crippen LogP contribution in [0, 0.1) is 0 Å².